The third-order valence-corrected chi connectivity index (χ3v) is 10.7. The highest BCUT2D eigenvalue weighted by Crippen LogP contribution is 2.36. The number of amides is 5. The second kappa shape index (κ2) is 14.5. The number of aromatic hydroxyl groups is 1. The summed E-state index contributed by atoms with van der Waals surface area (Å²) in [6, 6.07) is 12.0. The van der Waals surface area contributed by atoms with Gasteiger partial charge in [0.25, 0.3) is 0 Å². The summed E-state index contributed by atoms with van der Waals surface area (Å²) in [4.78, 5) is 50.2. The summed E-state index contributed by atoms with van der Waals surface area (Å²) in [5.74, 6) is 0.946. The van der Waals surface area contributed by atoms with Crippen LogP contribution in [0.4, 0.5) is 15.3 Å². The van der Waals surface area contributed by atoms with Crippen molar-refractivity contribution in [2.75, 3.05) is 38.6 Å². The molecule has 6 rings (SSSR count). The van der Waals surface area contributed by atoms with E-state index in [9.17, 15) is 19.5 Å². The first-order valence-electron chi connectivity index (χ1n) is 15.9. The standard InChI is InChI=1S/C34H38Br2N6O5/c1-47-29-4-2-3-24-20-42(34(46)39-30(24)29)25-9-15-41(16-10-25)33(45)38-28(19-21-17-26(35)31(43)27(36)18-21)32(44)40-13-7-23(8-14-40)22-5-11-37-12-6-22/h2-6,11-12,17-18,23,25,28,43H,7-10,13-16,19-20H2,1H3,(H,38,45)(H,39,46)/t28-/m1/s1. The number of anilines is 1. The first-order valence-corrected chi connectivity index (χ1v) is 17.4. The van der Waals surface area contributed by atoms with Crippen LogP contribution in [0.15, 0.2) is 63.8 Å². The Labute approximate surface area is 290 Å². The number of fused-ring (bicyclic) bond motifs is 1. The van der Waals surface area contributed by atoms with Gasteiger partial charge in [-0.2, -0.15) is 0 Å². The molecule has 11 nitrogen and oxygen atoms in total. The lowest BCUT2D eigenvalue weighted by Crippen LogP contribution is -2.57. The number of urea groups is 2. The zero-order valence-corrected chi connectivity index (χ0v) is 29.3. The lowest BCUT2D eigenvalue weighted by Gasteiger charge is -2.41. The highest BCUT2D eigenvalue weighted by molar-refractivity contribution is 9.11. The van der Waals surface area contributed by atoms with Crippen LogP contribution in [0.5, 0.6) is 11.5 Å². The molecule has 1 aromatic heterocycles. The van der Waals surface area contributed by atoms with Crippen molar-refractivity contribution in [2.45, 2.75) is 56.7 Å². The Balaban J connectivity index is 1.11. The molecule has 3 aromatic rings. The number of hydrogen-bond donors (Lipinski definition) is 3. The number of piperidine rings is 2. The number of para-hydroxylation sites is 1. The molecule has 0 saturated carbocycles. The highest BCUT2D eigenvalue weighted by Gasteiger charge is 2.36. The summed E-state index contributed by atoms with van der Waals surface area (Å²) in [7, 11) is 1.58. The maximum absolute atomic E-state index is 14.0. The van der Waals surface area contributed by atoms with E-state index in [0.29, 0.717) is 71.9 Å². The third-order valence-electron chi connectivity index (χ3n) is 9.45. The van der Waals surface area contributed by atoms with Gasteiger partial charge in [-0.1, -0.05) is 12.1 Å². The Kier molecular flexibility index (Phi) is 10.2. The number of nitrogens with one attached hydrogen (secondary N) is 2. The van der Waals surface area contributed by atoms with Crippen molar-refractivity contribution in [3.63, 3.8) is 0 Å². The van der Waals surface area contributed by atoms with Crippen LogP contribution < -0.4 is 15.4 Å². The summed E-state index contributed by atoms with van der Waals surface area (Å²) in [6.07, 6.45) is 6.78. The van der Waals surface area contributed by atoms with Crippen molar-refractivity contribution in [3.8, 4) is 11.5 Å². The molecule has 4 heterocycles. The maximum Gasteiger partial charge on any atom is 0.322 e. The molecular formula is C34H38Br2N6O5. The molecule has 0 bridgehead atoms. The molecule has 13 heteroatoms. The molecule has 1 atom stereocenters. The van der Waals surface area contributed by atoms with Crippen molar-refractivity contribution in [1.82, 2.24) is 25.0 Å². The number of aromatic nitrogens is 1. The van der Waals surface area contributed by atoms with Gasteiger partial charge in [0, 0.05) is 57.6 Å². The van der Waals surface area contributed by atoms with E-state index in [1.165, 1.54) is 5.56 Å². The number of benzene rings is 2. The number of hydrogen-bond acceptors (Lipinski definition) is 6. The Bertz CT molecular complexity index is 1600. The van der Waals surface area contributed by atoms with Crippen LogP contribution in [0.1, 0.15) is 48.3 Å². The predicted octanol–water partition coefficient (Wildman–Crippen LogP) is 5.86. The van der Waals surface area contributed by atoms with Crippen molar-refractivity contribution >= 4 is 55.5 Å². The minimum atomic E-state index is -0.791. The average Bonchev–Trinajstić information content (AvgIpc) is 3.10. The predicted molar refractivity (Wildman–Crippen MR) is 184 cm³/mol. The van der Waals surface area contributed by atoms with Crippen molar-refractivity contribution in [3.05, 3.63) is 80.5 Å². The van der Waals surface area contributed by atoms with E-state index in [4.69, 9.17) is 4.74 Å². The molecule has 0 radical (unpaired) electrons. The zero-order valence-electron chi connectivity index (χ0n) is 26.1. The van der Waals surface area contributed by atoms with E-state index in [0.717, 1.165) is 24.0 Å². The molecular weight excluding hydrogens is 732 g/mol. The first-order chi connectivity index (χ1) is 22.7. The fourth-order valence-electron chi connectivity index (χ4n) is 6.83. The molecule has 248 valence electrons. The van der Waals surface area contributed by atoms with Gasteiger partial charge in [-0.3, -0.25) is 9.78 Å². The number of nitrogens with zero attached hydrogens (tertiary/aromatic N) is 4. The first kappa shape index (κ1) is 33.1. The number of phenols is 1. The Hall–Kier alpha value is -3.84. The number of carbonyl (C=O) groups is 3. The van der Waals surface area contributed by atoms with E-state index >= 15 is 0 Å². The minimum absolute atomic E-state index is 0.0239. The van der Waals surface area contributed by atoms with Gasteiger partial charge >= 0.3 is 12.1 Å². The van der Waals surface area contributed by atoms with Crippen molar-refractivity contribution < 1.29 is 24.2 Å². The Morgan fingerprint density at radius 1 is 1.02 bits per heavy atom. The van der Waals surface area contributed by atoms with Crippen LogP contribution in [-0.4, -0.2) is 88.1 Å². The summed E-state index contributed by atoms with van der Waals surface area (Å²) in [5.41, 5.74) is 3.71. The quantitative estimate of drug-likeness (QED) is 0.277. The summed E-state index contributed by atoms with van der Waals surface area (Å²) in [6.45, 7) is 2.58. The number of likely N-dealkylation sites (tertiary alicyclic amines) is 2. The molecule has 0 spiro atoms. The average molecular weight is 771 g/mol. The van der Waals surface area contributed by atoms with Crippen molar-refractivity contribution in [1.29, 1.82) is 0 Å². The molecule has 3 aliphatic rings. The monoisotopic (exact) mass is 768 g/mol. The van der Waals surface area contributed by atoms with Crippen LogP contribution in [0.25, 0.3) is 0 Å². The van der Waals surface area contributed by atoms with Gasteiger partial charge in [0.15, 0.2) is 0 Å². The topological polar surface area (TPSA) is 127 Å². The molecule has 2 saturated heterocycles. The number of methoxy groups -OCH3 is 1. The number of pyridine rings is 1. The van der Waals surface area contributed by atoms with E-state index in [-0.39, 0.29) is 36.2 Å². The lowest BCUT2D eigenvalue weighted by atomic mass is 9.89. The van der Waals surface area contributed by atoms with Crippen LogP contribution in [0.3, 0.4) is 0 Å². The van der Waals surface area contributed by atoms with Crippen LogP contribution in [-0.2, 0) is 17.8 Å². The number of carbonyl (C=O) groups excluding carboxylic acids is 3. The molecule has 0 unspecified atom stereocenters. The van der Waals surface area contributed by atoms with E-state index in [2.05, 4.69) is 47.5 Å². The van der Waals surface area contributed by atoms with Gasteiger partial charge in [-0.15, -0.1) is 0 Å². The van der Waals surface area contributed by atoms with Crippen LogP contribution >= 0.6 is 31.9 Å². The number of halogens is 2. The van der Waals surface area contributed by atoms with E-state index in [1.807, 2.05) is 40.1 Å². The summed E-state index contributed by atoms with van der Waals surface area (Å²) >= 11 is 6.77. The van der Waals surface area contributed by atoms with Gasteiger partial charge in [0.05, 0.1) is 21.7 Å². The van der Waals surface area contributed by atoms with Crippen LogP contribution in [0, 0.1) is 0 Å². The molecule has 3 aliphatic heterocycles. The fourth-order valence-corrected chi connectivity index (χ4v) is 8.11. The summed E-state index contributed by atoms with van der Waals surface area (Å²) in [5, 5.41) is 16.3. The smallest absolute Gasteiger partial charge is 0.322 e. The maximum atomic E-state index is 14.0. The third kappa shape index (κ3) is 7.35. The Morgan fingerprint density at radius 3 is 2.34 bits per heavy atom. The normalized spacial score (nSPS) is 17.9. The molecule has 47 heavy (non-hydrogen) atoms. The lowest BCUT2D eigenvalue weighted by molar-refractivity contribution is -0.134. The number of ether oxygens (including phenoxy) is 1. The fraction of sp³-hybridized carbons (Fsp3) is 0.412. The largest absolute Gasteiger partial charge is 0.506 e. The zero-order chi connectivity index (χ0) is 33.1. The number of rotatable bonds is 7. The minimum Gasteiger partial charge on any atom is -0.506 e. The van der Waals surface area contributed by atoms with E-state index in [1.54, 1.807) is 36.5 Å². The van der Waals surface area contributed by atoms with Gasteiger partial charge < -0.3 is 35.2 Å². The van der Waals surface area contributed by atoms with Gasteiger partial charge in [-0.25, -0.2) is 9.59 Å². The van der Waals surface area contributed by atoms with Gasteiger partial charge in [0.2, 0.25) is 5.91 Å². The number of phenolic OH excluding ortho intramolecular Hbond substituents is 1. The second-order valence-electron chi connectivity index (χ2n) is 12.3. The summed E-state index contributed by atoms with van der Waals surface area (Å²) < 4.78 is 6.42. The molecule has 2 fully saturated rings. The van der Waals surface area contributed by atoms with E-state index < -0.39 is 6.04 Å². The molecule has 0 aliphatic carbocycles. The van der Waals surface area contributed by atoms with Crippen LogP contribution in [0.2, 0.25) is 0 Å². The SMILES string of the molecule is COc1cccc2c1NC(=O)N(C1CCN(C(=O)N[C@H](Cc3cc(Br)c(O)c(Br)c3)C(=O)N3CCC(c4ccncc4)CC3)CC1)C2. The Morgan fingerprint density at radius 2 is 1.68 bits per heavy atom. The highest BCUT2D eigenvalue weighted by atomic mass is 79.9. The van der Waals surface area contributed by atoms with Gasteiger partial charge in [0.1, 0.15) is 17.5 Å². The van der Waals surface area contributed by atoms with Gasteiger partial charge in [-0.05, 0) is 110 Å². The molecule has 5 amide bonds. The molecule has 2 aromatic carbocycles. The van der Waals surface area contributed by atoms with Crippen molar-refractivity contribution in [2.24, 2.45) is 0 Å². The second-order valence-corrected chi connectivity index (χ2v) is 14.0. The molecule has 3 N–H and O–H groups in total.